The second-order valence-electron chi connectivity index (χ2n) is 12.8. The Morgan fingerprint density at radius 2 is 1.37 bits per heavy atom. The molecule has 2 heterocycles. The van der Waals surface area contributed by atoms with Gasteiger partial charge in [0.1, 0.15) is 30.3 Å². The maximum Gasteiger partial charge on any atom is 0.303 e. The molecule has 3 aromatic rings. The molecule has 0 unspecified atom stereocenters. The Morgan fingerprint density at radius 1 is 0.778 bits per heavy atom. The molecule has 1 fully saturated rings. The second-order valence-corrected chi connectivity index (χ2v) is 14.7. The lowest BCUT2D eigenvalue weighted by Gasteiger charge is -2.43. The van der Waals surface area contributed by atoms with Crippen LogP contribution in [0.15, 0.2) is 47.5 Å². The van der Waals surface area contributed by atoms with Gasteiger partial charge in [0.05, 0.1) is 25.5 Å². The summed E-state index contributed by atoms with van der Waals surface area (Å²) in [5.74, 6) is -2.91. The number of pyridine rings is 1. The van der Waals surface area contributed by atoms with Crippen LogP contribution < -0.4 is 9.47 Å². The molecule has 1 aliphatic heterocycles. The number of esters is 4. The number of aromatic nitrogens is 1. The minimum absolute atomic E-state index is 0.140. The van der Waals surface area contributed by atoms with Gasteiger partial charge >= 0.3 is 23.9 Å². The van der Waals surface area contributed by atoms with Gasteiger partial charge in [-0.05, 0) is 66.6 Å². The first-order valence-electron chi connectivity index (χ1n) is 17.0. The van der Waals surface area contributed by atoms with E-state index in [0.29, 0.717) is 22.6 Å². The Labute approximate surface area is 312 Å². The van der Waals surface area contributed by atoms with Crippen molar-refractivity contribution in [1.82, 2.24) is 4.98 Å². The Bertz CT molecular complexity index is 2090. The maximum atomic E-state index is 15.1. The van der Waals surface area contributed by atoms with Gasteiger partial charge in [-0.2, -0.15) is 5.26 Å². The lowest BCUT2D eigenvalue weighted by molar-refractivity contribution is -0.238. The SMILES string of the molecule is COc1cc(OC)cc(-c2cc(-c3ccc4c(c3)CCCC4)nc(S(=O)(=O)[C@@H]3O[C@H](COC(C)=O)[C@H](OC(C)=O)[C@H](OC(C)=O)[C@H]3OC(C)=O)c2C#N)c1. The van der Waals surface area contributed by atoms with Crippen LogP contribution in [0.3, 0.4) is 0 Å². The van der Waals surface area contributed by atoms with Gasteiger partial charge in [0, 0.05) is 44.9 Å². The number of benzene rings is 2. The highest BCUT2D eigenvalue weighted by molar-refractivity contribution is 7.92. The van der Waals surface area contributed by atoms with E-state index in [1.54, 1.807) is 24.3 Å². The lowest BCUT2D eigenvalue weighted by atomic mass is 9.89. The topological polar surface area (TPSA) is 204 Å². The normalized spacial score (nSPS) is 20.7. The molecular formula is C38H40N2O13S. The standard InChI is InChI=1S/C38H40N2O13S/c1-20(41)49-19-33-34(50-21(2)42)35(51-22(3)43)36(52-23(4)44)38(53-33)54(45,46)37-31(18-39)30(27-14-28(47-5)16-29(15-27)48-6)17-32(40-37)26-12-11-24-9-7-8-10-25(24)13-26/h11-17,33-36,38H,7-10,19H2,1-6H3/t33-,34+,35+,36-,38+/m1/s1. The van der Waals surface area contributed by atoms with Crippen LogP contribution in [-0.4, -0.2) is 88.0 Å². The summed E-state index contributed by atoms with van der Waals surface area (Å²) in [5, 5.41) is 9.94. The number of methoxy groups -OCH3 is 2. The van der Waals surface area contributed by atoms with Crippen molar-refractivity contribution in [2.24, 2.45) is 0 Å². The van der Waals surface area contributed by atoms with Crippen LogP contribution in [0.5, 0.6) is 11.5 Å². The van der Waals surface area contributed by atoms with Crippen molar-refractivity contribution < 1.29 is 60.8 Å². The Morgan fingerprint density at radius 3 is 1.94 bits per heavy atom. The molecule has 0 radical (unpaired) electrons. The Hall–Kier alpha value is -5.53. The summed E-state index contributed by atoms with van der Waals surface area (Å²) >= 11 is 0. The zero-order valence-electron chi connectivity index (χ0n) is 30.6. The molecule has 1 aromatic heterocycles. The number of carbonyl (C=O) groups excluding carboxylic acids is 4. The van der Waals surface area contributed by atoms with E-state index in [4.69, 9.17) is 33.2 Å². The quantitative estimate of drug-likeness (QED) is 0.200. The van der Waals surface area contributed by atoms with E-state index in [-0.39, 0.29) is 11.3 Å². The minimum atomic E-state index is -5.07. The predicted octanol–water partition coefficient (Wildman–Crippen LogP) is 4.04. The third-order valence-corrected chi connectivity index (χ3v) is 10.8. The minimum Gasteiger partial charge on any atom is -0.497 e. The Kier molecular flexibility index (Phi) is 12.2. The number of hydrogen-bond donors (Lipinski definition) is 0. The molecule has 0 N–H and O–H groups in total. The number of carbonyl (C=O) groups is 4. The van der Waals surface area contributed by atoms with E-state index >= 15 is 8.42 Å². The summed E-state index contributed by atoms with van der Waals surface area (Å²) in [7, 11) is -2.19. The average molecular weight is 765 g/mol. The molecule has 16 heteroatoms. The van der Waals surface area contributed by atoms with Crippen LogP contribution in [0.4, 0.5) is 0 Å². The highest BCUT2D eigenvalue weighted by atomic mass is 32.2. The number of ether oxygens (including phenoxy) is 7. The number of aryl methyl sites for hydroxylation is 2. The van der Waals surface area contributed by atoms with Crippen LogP contribution in [0.1, 0.15) is 57.2 Å². The maximum absolute atomic E-state index is 15.1. The van der Waals surface area contributed by atoms with E-state index in [1.165, 1.54) is 19.8 Å². The van der Waals surface area contributed by atoms with Crippen LogP contribution in [0, 0.1) is 11.3 Å². The summed E-state index contributed by atoms with van der Waals surface area (Å²) in [5.41, 5.74) is 0.853. The smallest absolute Gasteiger partial charge is 0.303 e. The van der Waals surface area contributed by atoms with Crippen LogP contribution in [0.2, 0.25) is 0 Å². The van der Waals surface area contributed by atoms with Crippen molar-refractivity contribution in [2.45, 2.75) is 88.3 Å². The molecule has 0 saturated carbocycles. The first kappa shape index (κ1) is 39.7. The second kappa shape index (κ2) is 16.6. The van der Waals surface area contributed by atoms with Crippen LogP contribution in [0.25, 0.3) is 22.4 Å². The molecule has 0 bridgehead atoms. The highest BCUT2D eigenvalue weighted by Crippen LogP contribution is 2.40. The van der Waals surface area contributed by atoms with Gasteiger partial charge in [0.25, 0.3) is 0 Å². The monoisotopic (exact) mass is 764 g/mol. The number of fused-ring (bicyclic) bond motifs is 1. The molecule has 0 amide bonds. The van der Waals surface area contributed by atoms with E-state index in [1.807, 2.05) is 24.3 Å². The molecule has 5 rings (SSSR count). The average Bonchev–Trinajstić information content (AvgIpc) is 3.13. The molecule has 2 aromatic carbocycles. The molecule has 0 spiro atoms. The van der Waals surface area contributed by atoms with Crippen LogP contribution in [-0.2, 0) is 65.5 Å². The largest absolute Gasteiger partial charge is 0.497 e. The number of sulfone groups is 1. The van der Waals surface area contributed by atoms with Gasteiger partial charge < -0.3 is 33.2 Å². The molecule has 1 saturated heterocycles. The third kappa shape index (κ3) is 8.64. The van der Waals surface area contributed by atoms with Crippen molar-refractivity contribution >= 4 is 33.7 Å². The fourth-order valence-electron chi connectivity index (χ4n) is 6.62. The van der Waals surface area contributed by atoms with Gasteiger partial charge in [-0.1, -0.05) is 12.1 Å². The Balaban J connectivity index is 1.79. The fourth-order valence-corrected chi connectivity index (χ4v) is 8.35. The zero-order valence-corrected chi connectivity index (χ0v) is 31.4. The summed E-state index contributed by atoms with van der Waals surface area (Å²) in [4.78, 5) is 53.7. The molecule has 54 heavy (non-hydrogen) atoms. The zero-order chi connectivity index (χ0) is 39.3. The van der Waals surface area contributed by atoms with Crippen molar-refractivity contribution in [3.05, 3.63) is 59.2 Å². The molecule has 15 nitrogen and oxygen atoms in total. The molecule has 1 aliphatic carbocycles. The highest BCUT2D eigenvalue weighted by Gasteiger charge is 2.57. The van der Waals surface area contributed by atoms with Crippen molar-refractivity contribution in [3.63, 3.8) is 0 Å². The number of nitrogens with zero attached hydrogens (tertiary/aromatic N) is 2. The van der Waals surface area contributed by atoms with E-state index in [2.05, 4.69) is 4.98 Å². The summed E-state index contributed by atoms with van der Waals surface area (Å²) in [6.45, 7) is 3.48. The van der Waals surface area contributed by atoms with Crippen molar-refractivity contribution in [2.75, 3.05) is 20.8 Å². The first-order valence-corrected chi connectivity index (χ1v) is 18.6. The van der Waals surface area contributed by atoms with Gasteiger partial charge in [-0.15, -0.1) is 0 Å². The third-order valence-electron chi connectivity index (χ3n) is 8.93. The van der Waals surface area contributed by atoms with Crippen molar-refractivity contribution in [1.29, 1.82) is 5.26 Å². The van der Waals surface area contributed by atoms with Gasteiger partial charge in [-0.25, -0.2) is 13.4 Å². The van der Waals surface area contributed by atoms with Gasteiger partial charge in [0.2, 0.25) is 15.3 Å². The molecule has 286 valence electrons. The molecule has 2 aliphatic rings. The van der Waals surface area contributed by atoms with Crippen LogP contribution >= 0.6 is 0 Å². The summed E-state index contributed by atoms with van der Waals surface area (Å²) in [6, 6.07) is 14.1. The number of nitriles is 1. The number of rotatable bonds is 11. The van der Waals surface area contributed by atoms with Crippen molar-refractivity contribution in [3.8, 4) is 40.0 Å². The summed E-state index contributed by atoms with van der Waals surface area (Å²) < 4.78 is 68.7. The predicted molar refractivity (Wildman–Crippen MR) is 189 cm³/mol. The lowest BCUT2D eigenvalue weighted by Crippen LogP contribution is -2.64. The van der Waals surface area contributed by atoms with E-state index < -0.39 is 80.8 Å². The van der Waals surface area contributed by atoms with E-state index in [9.17, 15) is 24.4 Å². The fraction of sp³-hybridized carbons (Fsp3) is 0.421. The molecular weight excluding hydrogens is 724 g/mol. The van der Waals surface area contributed by atoms with E-state index in [0.717, 1.165) is 58.9 Å². The van der Waals surface area contributed by atoms with Gasteiger partial charge in [-0.3, -0.25) is 19.2 Å². The summed E-state index contributed by atoms with van der Waals surface area (Å²) in [6.07, 6.45) is -3.17. The first-order chi connectivity index (χ1) is 25.7. The molecule has 5 atom stereocenters. The van der Waals surface area contributed by atoms with Gasteiger partial charge in [0.15, 0.2) is 23.3 Å². The number of hydrogen-bond acceptors (Lipinski definition) is 15.